The number of ether oxygens (including phenoxy) is 1. The van der Waals surface area contributed by atoms with Crippen LogP contribution in [0.3, 0.4) is 0 Å². The van der Waals surface area contributed by atoms with Gasteiger partial charge >= 0.3 is 0 Å². The van der Waals surface area contributed by atoms with Gasteiger partial charge in [0, 0.05) is 38.3 Å². The summed E-state index contributed by atoms with van der Waals surface area (Å²) >= 11 is 0. The SMILES string of the molecule is O=C1CCCCN1c1ccc(OCCN2CC(CC[C@@H]3C[C@H]3c3ccccc3)C2)cc1. The molecule has 0 spiro atoms. The second-order valence-corrected chi connectivity index (χ2v) is 9.56. The van der Waals surface area contributed by atoms with E-state index in [4.69, 9.17) is 4.74 Å². The maximum absolute atomic E-state index is 12.1. The molecule has 5 rings (SSSR count). The normalized spacial score (nSPS) is 24.1. The molecule has 1 aliphatic carbocycles. The Bertz CT molecular complexity index is 861. The highest BCUT2D eigenvalue weighted by molar-refractivity contribution is 5.94. The number of nitrogens with zero attached hydrogens (tertiary/aromatic N) is 2. The van der Waals surface area contributed by atoms with Crippen LogP contribution in [-0.4, -0.2) is 43.6 Å². The van der Waals surface area contributed by atoms with Crippen molar-refractivity contribution >= 4 is 11.6 Å². The number of hydrogen-bond acceptors (Lipinski definition) is 3. The Morgan fingerprint density at radius 2 is 1.74 bits per heavy atom. The first-order valence-corrected chi connectivity index (χ1v) is 12.1. The predicted molar refractivity (Wildman–Crippen MR) is 125 cm³/mol. The molecule has 2 heterocycles. The molecule has 3 aliphatic rings. The zero-order valence-corrected chi connectivity index (χ0v) is 18.4. The third-order valence-electron chi connectivity index (χ3n) is 7.28. The highest BCUT2D eigenvalue weighted by Gasteiger charge is 2.38. The number of likely N-dealkylation sites (tertiary alicyclic amines) is 1. The van der Waals surface area contributed by atoms with Crippen LogP contribution in [0.5, 0.6) is 5.75 Å². The van der Waals surface area contributed by atoms with E-state index in [2.05, 4.69) is 35.2 Å². The molecule has 1 amide bonds. The van der Waals surface area contributed by atoms with Gasteiger partial charge in [0.1, 0.15) is 12.4 Å². The summed E-state index contributed by atoms with van der Waals surface area (Å²) < 4.78 is 5.94. The maximum Gasteiger partial charge on any atom is 0.226 e. The molecule has 0 unspecified atom stereocenters. The molecule has 0 aromatic heterocycles. The molecular formula is C27H34N2O2. The quantitative estimate of drug-likeness (QED) is 0.568. The molecule has 164 valence electrons. The van der Waals surface area contributed by atoms with Crippen molar-refractivity contribution in [3.63, 3.8) is 0 Å². The van der Waals surface area contributed by atoms with Crippen molar-refractivity contribution < 1.29 is 9.53 Å². The van der Waals surface area contributed by atoms with Crippen LogP contribution in [0, 0.1) is 11.8 Å². The molecular weight excluding hydrogens is 384 g/mol. The average molecular weight is 419 g/mol. The molecule has 4 nitrogen and oxygen atoms in total. The first kappa shape index (κ1) is 20.6. The van der Waals surface area contributed by atoms with Gasteiger partial charge in [-0.25, -0.2) is 0 Å². The van der Waals surface area contributed by atoms with E-state index < -0.39 is 0 Å². The van der Waals surface area contributed by atoms with Crippen molar-refractivity contribution in [3.05, 3.63) is 60.2 Å². The topological polar surface area (TPSA) is 32.8 Å². The first-order valence-electron chi connectivity index (χ1n) is 12.1. The average Bonchev–Trinajstić information content (AvgIpc) is 3.56. The van der Waals surface area contributed by atoms with Crippen LogP contribution < -0.4 is 9.64 Å². The number of piperidine rings is 1. The van der Waals surface area contributed by atoms with Gasteiger partial charge in [-0.15, -0.1) is 0 Å². The Kier molecular flexibility index (Phi) is 6.26. The smallest absolute Gasteiger partial charge is 0.226 e. The third-order valence-corrected chi connectivity index (χ3v) is 7.28. The van der Waals surface area contributed by atoms with Crippen LogP contribution in [0.25, 0.3) is 0 Å². The van der Waals surface area contributed by atoms with Gasteiger partial charge in [0.2, 0.25) is 5.91 Å². The van der Waals surface area contributed by atoms with E-state index in [0.717, 1.165) is 61.7 Å². The van der Waals surface area contributed by atoms with Crippen LogP contribution in [0.1, 0.15) is 50.0 Å². The van der Waals surface area contributed by atoms with Gasteiger partial charge < -0.3 is 9.64 Å². The fourth-order valence-electron chi connectivity index (χ4n) is 5.26. The number of carbonyl (C=O) groups excluding carboxylic acids is 1. The Labute approximate surface area is 186 Å². The van der Waals surface area contributed by atoms with Gasteiger partial charge in [-0.1, -0.05) is 30.3 Å². The van der Waals surface area contributed by atoms with E-state index >= 15 is 0 Å². The first-order chi connectivity index (χ1) is 15.3. The number of benzene rings is 2. The van der Waals surface area contributed by atoms with Crippen LogP contribution in [0.15, 0.2) is 54.6 Å². The lowest BCUT2D eigenvalue weighted by atomic mass is 9.93. The van der Waals surface area contributed by atoms with E-state index in [1.54, 1.807) is 0 Å². The number of anilines is 1. The van der Waals surface area contributed by atoms with Crippen molar-refractivity contribution in [2.24, 2.45) is 11.8 Å². The lowest BCUT2D eigenvalue weighted by Crippen LogP contribution is -2.48. The van der Waals surface area contributed by atoms with E-state index in [1.807, 2.05) is 29.2 Å². The van der Waals surface area contributed by atoms with E-state index in [0.29, 0.717) is 6.42 Å². The van der Waals surface area contributed by atoms with Crippen molar-refractivity contribution in [3.8, 4) is 5.75 Å². The summed E-state index contributed by atoms with van der Waals surface area (Å²) in [4.78, 5) is 16.5. The van der Waals surface area contributed by atoms with Crippen molar-refractivity contribution in [1.82, 2.24) is 4.90 Å². The minimum absolute atomic E-state index is 0.240. The number of rotatable bonds is 9. The summed E-state index contributed by atoms with van der Waals surface area (Å²) in [5, 5.41) is 0. The fraction of sp³-hybridized carbons (Fsp3) is 0.519. The van der Waals surface area contributed by atoms with E-state index in [-0.39, 0.29) is 5.91 Å². The molecule has 0 radical (unpaired) electrons. The number of hydrogen-bond donors (Lipinski definition) is 0. The minimum atomic E-state index is 0.240. The van der Waals surface area contributed by atoms with Gasteiger partial charge in [-0.2, -0.15) is 0 Å². The summed E-state index contributed by atoms with van der Waals surface area (Å²) in [7, 11) is 0. The van der Waals surface area contributed by atoms with Crippen molar-refractivity contribution in [2.45, 2.75) is 44.4 Å². The molecule has 2 aromatic rings. The third kappa shape index (κ3) is 5.12. The number of carbonyl (C=O) groups is 1. The van der Waals surface area contributed by atoms with Crippen molar-refractivity contribution in [2.75, 3.05) is 37.7 Å². The molecule has 0 bridgehead atoms. The van der Waals surface area contributed by atoms with E-state index in [9.17, 15) is 4.79 Å². The van der Waals surface area contributed by atoms with Gasteiger partial charge in [-0.3, -0.25) is 9.69 Å². The molecule has 0 N–H and O–H groups in total. The Morgan fingerprint density at radius 3 is 2.52 bits per heavy atom. The van der Waals surface area contributed by atoms with Gasteiger partial charge in [-0.05, 0) is 79.7 Å². The van der Waals surface area contributed by atoms with E-state index in [1.165, 1.54) is 37.9 Å². The van der Waals surface area contributed by atoms with Crippen LogP contribution in [0.2, 0.25) is 0 Å². The van der Waals surface area contributed by atoms with Gasteiger partial charge in [0.15, 0.2) is 0 Å². The minimum Gasteiger partial charge on any atom is -0.492 e. The molecule has 2 aliphatic heterocycles. The maximum atomic E-state index is 12.1. The van der Waals surface area contributed by atoms with Gasteiger partial charge in [0.25, 0.3) is 0 Å². The summed E-state index contributed by atoms with van der Waals surface area (Å²) in [5.41, 5.74) is 2.53. The Balaban J connectivity index is 0.959. The molecule has 2 atom stereocenters. The largest absolute Gasteiger partial charge is 0.492 e. The summed E-state index contributed by atoms with van der Waals surface area (Å²) in [5.74, 6) is 3.75. The summed E-state index contributed by atoms with van der Waals surface area (Å²) in [6.07, 6.45) is 6.93. The number of amides is 1. The molecule has 31 heavy (non-hydrogen) atoms. The summed E-state index contributed by atoms with van der Waals surface area (Å²) in [6.45, 7) is 5.01. The molecule has 3 fully saturated rings. The lowest BCUT2D eigenvalue weighted by Gasteiger charge is -2.39. The second kappa shape index (κ2) is 9.44. The standard InChI is InChI=1S/C27H34N2O2/c30-27-8-4-5-15-29(27)24-11-13-25(14-12-24)31-17-16-28-19-21(20-28)9-10-23-18-26(23)22-6-2-1-3-7-22/h1-3,6-7,11-14,21,23,26H,4-5,8-10,15-20H2/t23-,26+/m1/s1. The monoisotopic (exact) mass is 418 g/mol. The highest BCUT2D eigenvalue weighted by Crippen LogP contribution is 2.50. The summed E-state index contributed by atoms with van der Waals surface area (Å²) in [6, 6.07) is 19.0. The van der Waals surface area contributed by atoms with Crippen LogP contribution >= 0.6 is 0 Å². The van der Waals surface area contributed by atoms with Crippen LogP contribution in [0.4, 0.5) is 5.69 Å². The molecule has 1 saturated carbocycles. The molecule has 2 saturated heterocycles. The zero-order chi connectivity index (χ0) is 21.0. The predicted octanol–water partition coefficient (Wildman–Crippen LogP) is 5.10. The fourth-order valence-corrected chi connectivity index (χ4v) is 5.26. The lowest BCUT2D eigenvalue weighted by molar-refractivity contribution is -0.119. The Hall–Kier alpha value is -2.33. The zero-order valence-electron chi connectivity index (χ0n) is 18.4. The molecule has 2 aromatic carbocycles. The molecule has 4 heteroatoms. The van der Waals surface area contributed by atoms with Gasteiger partial charge in [0.05, 0.1) is 0 Å². The Morgan fingerprint density at radius 1 is 0.935 bits per heavy atom. The van der Waals surface area contributed by atoms with Crippen molar-refractivity contribution in [1.29, 1.82) is 0 Å². The van der Waals surface area contributed by atoms with Crippen LogP contribution in [-0.2, 0) is 4.79 Å². The second-order valence-electron chi connectivity index (χ2n) is 9.56. The highest BCUT2D eigenvalue weighted by atomic mass is 16.5.